The molecule has 0 aliphatic carbocycles. The second-order valence-electron chi connectivity index (χ2n) is 8.06. The topological polar surface area (TPSA) is 57.0 Å². The van der Waals surface area contributed by atoms with Crippen LogP contribution in [0.25, 0.3) is 5.65 Å². The Morgan fingerprint density at radius 3 is 2.43 bits per heavy atom. The van der Waals surface area contributed by atoms with Gasteiger partial charge in [0.05, 0.1) is 12.2 Å². The fourth-order valence-corrected chi connectivity index (χ4v) is 4.00. The standard InChI is InChI=1S/C24H32N6/c1-19-7-6-8-23-28-22(18-30(19)23)16-27-24(25-2)26-15-20-9-11-21(12-10-20)17-29-13-4-3-5-14-29/h6-12,18H,3-5,13-17H2,1-2H3,(H2,25,26,27). The van der Waals surface area contributed by atoms with E-state index in [4.69, 9.17) is 0 Å². The third-order valence-corrected chi connectivity index (χ3v) is 5.74. The summed E-state index contributed by atoms with van der Waals surface area (Å²) in [5.41, 5.74) is 5.79. The maximum atomic E-state index is 4.67. The molecule has 1 fully saturated rings. The van der Waals surface area contributed by atoms with Gasteiger partial charge in [0, 0.05) is 32.0 Å². The van der Waals surface area contributed by atoms with E-state index in [1.54, 1.807) is 7.05 Å². The summed E-state index contributed by atoms with van der Waals surface area (Å²) < 4.78 is 2.11. The van der Waals surface area contributed by atoms with Crippen molar-refractivity contribution in [2.75, 3.05) is 20.1 Å². The molecule has 0 atom stereocenters. The number of aryl methyl sites for hydroxylation is 1. The van der Waals surface area contributed by atoms with E-state index in [2.05, 4.69) is 73.4 Å². The average molecular weight is 405 g/mol. The van der Waals surface area contributed by atoms with Crippen molar-refractivity contribution in [2.24, 2.45) is 4.99 Å². The number of aliphatic imine (C=N–C) groups is 1. The maximum absolute atomic E-state index is 4.67. The Labute approximate surface area is 179 Å². The number of piperidine rings is 1. The zero-order chi connectivity index (χ0) is 20.8. The molecule has 1 aromatic carbocycles. The number of nitrogens with zero attached hydrogens (tertiary/aromatic N) is 4. The molecule has 2 N–H and O–H groups in total. The molecule has 1 aliphatic heterocycles. The van der Waals surface area contributed by atoms with Crippen LogP contribution in [-0.4, -0.2) is 40.4 Å². The van der Waals surface area contributed by atoms with Crippen LogP contribution in [-0.2, 0) is 19.6 Å². The summed E-state index contributed by atoms with van der Waals surface area (Å²) in [5.74, 6) is 0.779. The number of hydrogen-bond donors (Lipinski definition) is 2. The molecule has 6 nitrogen and oxygen atoms in total. The number of benzene rings is 1. The highest BCUT2D eigenvalue weighted by Gasteiger charge is 2.10. The molecule has 3 heterocycles. The van der Waals surface area contributed by atoms with E-state index in [1.165, 1.54) is 49.2 Å². The molecule has 0 spiro atoms. The summed E-state index contributed by atoms with van der Waals surface area (Å²) in [7, 11) is 1.80. The number of aromatic nitrogens is 2. The summed E-state index contributed by atoms with van der Waals surface area (Å²) in [5, 5.41) is 6.75. The summed E-state index contributed by atoms with van der Waals surface area (Å²) in [4.78, 5) is 11.6. The van der Waals surface area contributed by atoms with Gasteiger partial charge in [0.1, 0.15) is 5.65 Å². The number of guanidine groups is 1. The lowest BCUT2D eigenvalue weighted by molar-refractivity contribution is 0.221. The van der Waals surface area contributed by atoms with Crippen molar-refractivity contribution in [1.82, 2.24) is 24.9 Å². The molecular weight excluding hydrogens is 372 g/mol. The first kappa shape index (κ1) is 20.4. The molecular formula is C24H32N6. The molecule has 1 saturated heterocycles. The minimum absolute atomic E-state index is 0.634. The highest BCUT2D eigenvalue weighted by molar-refractivity contribution is 5.79. The first-order valence-electron chi connectivity index (χ1n) is 10.9. The molecule has 0 saturated carbocycles. The van der Waals surface area contributed by atoms with E-state index in [9.17, 15) is 0 Å². The van der Waals surface area contributed by atoms with Gasteiger partial charge < -0.3 is 15.0 Å². The van der Waals surface area contributed by atoms with Crippen LogP contribution in [0.5, 0.6) is 0 Å². The number of fused-ring (bicyclic) bond motifs is 1. The molecule has 0 unspecified atom stereocenters. The fourth-order valence-electron chi connectivity index (χ4n) is 4.00. The van der Waals surface area contributed by atoms with Gasteiger partial charge in [-0.1, -0.05) is 36.8 Å². The Morgan fingerprint density at radius 2 is 1.70 bits per heavy atom. The predicted molar refractivity (Wildman–Crippen MR) is 123 cm³/mol. The van der Waals surface area contributed by atoms with Crippen LogP contribution in [0.15, 0.2) is 53.7 Å². The first-order chi connectivity index (χ1) is 14.7. The Kier molecular flexibility index (Phi) is 6.64. The zero-order valence-corrected chi connectivity index (χ0v) is 18.1. The van der Waals surface area contributed by atoms with Crippen LogP contribution < -0.4 is 10.6 Å². The summed E-state index contributed by atoms with van der Waals surface area (Å²) >= 11 is 0. The van der Waals surface area contributed by atoms with Crippen LogP contribution >= 0.6 is 0 Å². The minimum atomic E-state index is 0.634. The smallest absolute Gasteiger partial charge is 0.191 e. The van der Waals surface area contributed by atoms with E-state index in [-0.39, 0.29) is 0 Å². The molecule has 2 aromatic heterocycles. The summed E-state index contributed by atoms with van der Waals surface area (Å²) in [6.45, 7) is 7.00. The van der Waals surface area contributed by atoms with Gasteiger partial charge in [0.2, 0.25) is 0 Å². The number of rotatable bonds is 6. The number of imidazole rings is 1. The SMILES string of the molecule is CN=C(NCc1ccc(CN2CCCCC2)cc1)NCc1cn2c(C)cccc2n1. The van der Waals surface area contributed by atoms with Gasteiger partial charge >= 0.3 is 0 Å². The van der Waals surface area contributed by atoms with Crippen molar-refractivity contribution in [3.8, 4) is 0 Å². The normalized spacial score (nSPS) is 15.5. The Morgan fingerprint density at radius 1 is 0.967 bits per heavy atom. The molecule has 0 radical (unpaired) electrons. The zero-order valence-electron chi connectivity index (χ0n) is 18.1. The van der Waals surface area contributed by atoms with Crippen molar-refractivity contribution in [1.29, 1.82) is 0 Å². The van der Waals surface area contributed by atoms with Crippen LogP contribution in [0.1, 0.15) is 41.8 Å². The molecule has 3 aromatic rings. The lowest BCUT2D eigenvalue weighted by atomic mass is 10.1. The molecule has 158 valence electrons. The van der Waals surface area contributed by atoms with Crippen LogP contribution in [0.3, 0.4) is 0 Å². The second kappa shape index (κ2) is 9.76. The lowest BCUT2D eigenvalue weighted by Crippen LogP contribution is -2.36. The summed E-state index contributed by atoms with van der Waals surface area (Å²) in [6, 6.07) is 15.1. The first-order valence-corrected chi connectivity index (χ1v) is 10.9. The Bertz CT molecular complexity index is 983. The highest BCUT2D eigenvalue weighted by Crippen LogP contribution is 2.13. The lowest BCUT2D eigenvalue weighted by Gasteiger charge is -2.26. The molecule has 30 heavy (non-hydrogen) atoms. The van der Waals surface area contributed by atoms with Crippen LogP contribution in [0.2, 0.25) is 0 Å². The number of likely N-dealkylation sites (tertiary alicyclic amines) is 1. The van der Waals surface area contributed by atoms with Gasteiger partial charge in [0.15, 0.2) is 5.96 Å². The van der Waals surface area contributed by atoms with Gasteiger partial charge in [-0.25, -0.2) is 4.98 Å². The van der Waals surface area contributed by atoms with Gasteiger partial charge in [-0.3, -0.25) is 9.89 Å². The van der Waals surface area contributed by atoms with E-state index in [1.807, 2.05) is 12.1 Å². The largest absolute Gasteiger partial charge is 0.352 e. The monoisotopic (exact) mass is 404 g/mol. The maximum Gasteiger partial charge on any atom is 0.191 e. The van der Waals surface area contributed by atoms with Crippen molar-refractivity contribution < 1.29 is 0 Å². The summed E-state index contributed by atoms with van der Waals surface area (Å²) in [6.07, 6.45) is 6.13. The van der Waals surface area contributed by atoms with Crippen molar-refractivity contribution >= 4 is 11.6 Å². The Hall–Kier alpha value is -2.86. The van der Waals surface area contributed by atoms with Crippen molar-refractivity contribution in [3.63, 3.8) is 0 Å². The number of hydrogen-bond acceptors (Lipinski definition) is 3. The fraction of sp³-hybridized carbons (Fsp3) is 0.417. The Balaban J connectivity index is 1.27. The van der Waals surface area contributed by atoms with Crippen LogP contribution in [0, 0.1) is 6.92 Å². The van der Waals surface area contributed by atoms with E-state index >= 15 is 0 Å². The van der Waals surface area contributed by atoms with Gasteiger partial charge in [-0.2, -0.15) is 0 Å². The van der Waals surface area contributed by atoms with E-state index in [0.29, 0.717) is 6.54 Å². The molecule has 0 amide bonds. The predicted octanol–water partition coefficient (Wildman–Crippen LogP) is 3.49. The van der Waals surface area contributed by atoms with Crippen molar-refractivity contribution in [3.05, 3.63) is 71.2 Å². The minimum Gasteiger partial charge on any atom is -0.352 e. The molecule has 4 rings (SSSR count). The number of pyridine rings is 1. The second-order valence-corrected chi connectivity index (χ2v) is 8.06. The van der Waals surface area contributed by atoms with Gasteiger partial charge in [-0.05, 0) is 56.1 Å². The van der Waals surface area contributed by atoms with E-state index in [0.717, 1.165) is 30.4 Å². The van der Waals surface area contributed by atoms with Gasteiger partial charge in [0.25, 0.3) is 0 Å². The van der Waals surface area contributed by atoms with E-state index < -0.39 is 0 Å². The molecule has 0 bridgehead atoms. The third kappa shape index (κ3) is 5.19. The average Bonchev–Trinajstić information content (AvgIpc) is 3.20. The third-order valence-electron chi connectivity index (χ3n) is 5.74. The van der Waals surface area contributed by atoms with Crippen molar-refractivity contribution in [2.45, 2.75) is 45.8 Å². The van der Waals surface area contributed by atoms with Gasteiger partial charge in [-0.15, -0.1) is 0 Å². The number of nitrogens with one attached hydrogen (secondary N) is 2. The molecule has 1 aliphatic rings. The quantitative estimate of drug-likeness (QED) is 0.488. The molecule has 6 heteroatoms. The highest BCUT2D eigenvalue weighted by atomic mass is 15.2. The van der Waals surface area contributed by atoms with Crippen LogP contribution in [0.4, 0.5) is 0 Å².